The summed E-state index contributed by atoms with van der Waals surface area (Å²) in [5.41, 5.74) is 4.46. The van der Waals surface area contributed by atoms with E-state index in [1.165, 1.54) is 24.0 Å². The Morgan fingerprint density at radius 2 is 1.44 bits per heavy atom. The Morgan fingerprint density at radius 1 is 0.833 bits per heavy atom. The van der Waals surface area contributed by atoms with Gasteiger partial charge in [-0.2, -0.15) is 0 Å². The maximum atomic E-state index is 5.56. The molecule has 3 aliphatic rings. The molecule has 0 heterocycles. The van der Waals surface area contributed by atoms with Crippen molar-refractivity contribution in [1.29, 1.82) is 0 Å². The largest absolute Gasteiger partial charge is 0.493 e. The van der Waals surface area contributed by atoms with Crippen molar-refractivity contribution in [2.24, 2.45) is 17.3 Å². The van der Waals surface area contributed by atoms with Crippen LogP contribution in [-0.2, 0) is 13.1 Å². The molecule has 0 radical (unpaired) electrons. The smallest absolute Gasteiger partial charge is 0.161 e. The Bertz CT molecular complexity index is 1060. The van der Waals surface area contributed by atoms with Crippen LogP contribution in [0.4, 0.5) is 0 Å². The molecule has 3 aliphatic carbocycles. The van der Waals surface area contributed by atoms with Gasteiger partial charge in [-0.1, -0.05) is 37.6 Å². The lowest BCUT2D eigenvalue weighted by atomic mass is 9.49. The Kier molecular flexibility index (Phi) is 8.47. The summed E-state index contributed by atoms with van der Waals surface area (Å²) in [6.45, 7) is 9.40. The second-order valence-corrected chi connectivity index (χ2v) is 10.6. The van der Waals surface area contributed by atoms with Gasteiger partial charge in [0.2, 0.25) is 0 Å². The van der Waals surface area contributed by atoms with Crippen molar-refractivity contribution in [3.63, 3.8) is 0 Å². The normalized spacial score (nSPS) is 19.9. The quantitative estimate of drug-likeness (QED) is 0.301. The maximum absolute atomic E-state index is 5.56. The van der Waals surface area contributed by atoms with Gasteiger partial charge in [-0.15, -0.1) is 0 Å². The molecule has 0 spiro atoms. The first-order valence-electron chi connectivity index (χ1n) is 12.9. The van der Waals surface area contributed by atoms with Crippen molar-refractivity contribution in [3.8, 4) is 23.0 Å². The molecule has 2 aromatic rings. The van der Waals surface area contributed by atoms with Crippen LogP contribution in [0.5, 0.6) is 23.0 Å². The summed E-state index contributed by atoms with van der Waals surface area (Å²) in [5, 5.41) is 3.62. The molecule has 36 heavy (non-hydrogen) atoms. The molecule has 0 aliphatic heterocycles. The Morgan fingerprint density at radius 3 is 2.03 bits per heavy atom. The van der Waals surface area contributed by atoms with Gasteiger partial charge in [-0.3, -0.25) is 4.90 Å². The fourth-order valence-corrected chi connectivity index (χ4v) is 5.83. The molecule has 2 unspecified atom stereocenters. The molecule has 6 nitrogen and oxygen atoms in total. The minimum atomic E-state index is 0.435. The van der Waals surface area contributed by atoms with Crippen molar-refractivity contribution in [1.82, 2.24) is 10.2 Å². The van der Waals surface area contributed by atoms with Crippen LogP contribution in [0.3, 0.4) is 0 Å². The summed E-state index contributed by atoms with van der Waals surface area (Å²) in [6, 6.07) is 12.3. The second kappa shape index (κ2) is 11.6. The van der Waals surface area contributed by atoms with E-state index in [1.807, 2.05) is 18.2 Å². The highest BCUT2D eigenvalue weighted by atomic mass is 16.5. The molecule has 0 saturated heterocycles. The van der Waals surface area contributed by atoms with E-state index in [2.05, 4.69) is 48.3 Å². The van der Waals surface area contributed by atoms with Gasteiger partial charge in [0.25, 0.3) is 0 Å². The van der Waals surface area contributed by atoms with Crippen LogP contribution >= 0.6 is 0 Å². The first-order chi connectivity index (χ1) is 17.4. The number of benzene rings is 2. The van der Waals surface area contributed by atoms with Crippen LogP contribution < -0.4 is 24.3 Å². The summed E-state index contributed by atoms with van der Waals surface area (Å²) >= 11 is 0. The summed E-state index contributed by atoms with van der Waals surface area (Å²) in [7, 11) is 6.71. The van der Waals surface area contributed by atoms with Crippen molar-refractivity contribution >= 4 is 0 Å². The molecule has 0 aromatic heterocycles. The van der Waals surface area contributed by atoms with E-state index in [-0.39, 0.29) is 0 Å². The number of hydrogen-bond acceptors (Lipinski definition) is 6. The number of hydrogen-bond donors (Lipinski definition) is 1. The fraction of sp³-hybridized carbons (Fsp3) is 0.533. The average Bonchev–Trinajstić information content (AvgIpc) is 2.90. The van der Waals surface area contributed by atoms with Gasteiger partial charge in [-0.05, 0) is 65.5 Å². The van der Waals surface area contributed by atoms with Crippen LogP contribution in [-0.4, -0.2) is 53.0 Å². The van der Waals surface area contributed by atoms with E-state index < -0.39 is 0 Å². The second-order valence-electron chi connectivity index (χ2n) is 10.6. The number of methoxy groups -OCH3 is 4. The summed E-state index contributed by atoms with van der Waals surface area (Å²) < 4.78 is 21.8. The van der Waals surface area contributed by atoms with Crippen molar-refractivity contribution in [3.05, 3.63) is 59.2 Å². The monoisotopic (exact) mass is 494 g/mol. The van der Waals surface area contributed by atoms with Crippen LogP contribution in [0.2, 0.25) is 0 Å². The third kappa shape index (κ3) is 5.65. The van der Waals surface area contributed by atoms with E-state index in [1.54, 1.807) is 34.0 Å². The SMILES string of the molecule is COc1ccc(CNCCN(CC2=CCC3CC2C3(C)C)Cc2ccc(OC)c(OC)c2)cc1OC. The van der Waals surface area contributed by atoms with Crippen molar-refractivity contribution in [2.75, 3.05) is 48.1 Å². The first kappa shape index (κ1) is 26.4. The van der Waals surface area contributed by atoms with Gasteiger partial charge in [0.15, 0.2) is 23.0 Å². The number of rotatable bonds is 13. The number of allylic oxidation sites excluding steroid dienone is 1. The zero-order chi connectivity index (χ0) is 25.7. The molecule has 6 heteroatoms. The number of fused-ring (bicyclic) bond motifs is 1. The molecule has 2 aromatic carbocycles. The van der Waals surface area contributed by atoms with Gasteiger partial charge < -0.3 is 24.3 Å². The molecule has 5 rings (SSSR count). The average molecular weight is 495 g/mol. The lowest BCUT2D eigenvalue weighted by molar-refractivity contribution is -0.0108. The molecular formula is C30H42N2O4. The van der Waals surface area contributed by atoms with E-state index in [9.17, 15) is 0 Å². The molecule has 2 bridgehead atoms. The number of nitrogens with zero attached hydrogens (tertiary/aromatic N) is 1. The molecular weight excluding hydrogens is 452 g/mol. The van der Waals surface area contributed by atoms with Gasteiger partial charge in [0.05, 0.1) is 28.4 Å². The Balaban J connectivity index is 1.41. The van der Waals surface area contributed by atoms with Crippen molar-refractivity contribution < 1.29 is 18.9 Å². The van der Waals surface area contributed by atoms with Gasteiger partial charge in [0, 0.05) is 32.7 Å². The highest BCUT2D eigenvalue weighted by Crippen LogP contribution is 2.59. The zero-order valence-corrected chi connectivity index (χ0v) is 22.7. The topological polar surface area (TPSA) is 52.2 Å². The minimum Gasteiger partial charge on any atom is -0.493 e. The lowest BCUT2D eigenvalue weighted by Gasteiger charge is -2.57. The third-order valence-electron chi connectivity index (χ3n) is 8.22. The minimum absolute atomic E-state index is 0.435. The van der Waals surface area contributed by atoms with E-state index in [0.717, 1.165) is 61.6 Å². The molecule has 2 atom stereocenters. The standard InChI is InChI=1S/C30H42N2O4/c1-30(2)24-10-9-23(25(30)17-24)20-32(19-22-8-12-27(34-4)29(16-22)36-6)14-13-31-18-21-7-11-26(33-3)28(15-21)35-5/h7-9,11-12,15-16,24-25,31H,10,13-14,17-20H2,1-6H3. The highest BCUT2D eigenvalue weighted by molar-refractivity contribution is 5.43. The third-order valence-corrected chi connectivity index (χ3v) is 8.22. The van der Waals surface area contributed by atoms with Gasteiger partial charge in [-0.25, -0.2) is 0 Å². The lowest BCUT2D eigenvalue weighted by Crippen LogP contribution is -2.50. The van der Waals surface area contributed by atoms with Crippen LogP contribution in [0.15, 0.2) is 48.0 Å². The maximum Gasteiger partial charge on any atom is 0.161 e. The predicted molar refractivity (Wildman–Crippen MR) is 144 cm³/mol. The number of nitrogens with one attached hydrogen (secondary N) is 1. The molecule has 1 saturated carbocycles. The summed E-state index contributed by atoms with van der Waals surface area (Å²) in [5.74, 6) is 4.63. The van der Waals surface area contributed by atoms with Gasteiger partial charge >= 0.3 is 0 Å². The Labute approximate surface area is 216 Å². The van der Waals surface area contributed by atoms with Gasteiger partial charge in [0.1, 0.15) is 0 Å². The van der Waals surface area contributed by atoms with Crippen molar-refractivity contribution in [2.45, 2.75) is 39.8 Å². The van der Waals surface area contributed by atoms with Crippen LogP contribution in [0.1, 0.15) is 37.8 Å². The molecule has 1 fully saturated rings. The molecule has 0 amide bonds. The number of ether oxygens (including phenoxy) is 4. The van der Waals surface area contributed by atoms with E-state index in [0.29, 0.717) is 11.3 Å². The van der Waals surface area contributed by atoms with Crippen LogP contribution in [0.25, 0.3) is 0 Å². The zero-order valence-electron chi connectivity index (χ0n) is 22.7. The Hall–Kier alpha value is -2.70. The summed E-state index contributed by atoms with van der Waals surface area (Å²) in [4.78, 5) is 2.56. The molecule has 196 valence electrons. The first-order valence-corrected chi connectivity index (χ1v) is 12.9. The predicted octanol–water partition coefficient (Wildman–Crippen LogP) is 5.31. The molecule has 1 N–H and O–H groups in total. The fourth-order valence-electron chi connectivity index (χ4n) is 5.83. The summed E-state index contributed by atoms with van der Waals surface area (Å²) in [6.07, 6.45) is 5.09. The van der Waals surface area contributed by atoms with E-state index >= 15 is 0 Å². The van der Waals surface area contributed by atoms with E-state index in [4.69, 9.17) is 18.9 Å². The highest BCUT2D eigenvalue weighted by Gasteiger charge is 2.51. The van der Waals surface area contributed by atoms with Crippen LogP contribution in [0, 0.1) is 17.3 Å².